The smallest absolute Gasteiger partial charge is 0.240 e. The molecule has 0 amide bonds. The van der Waals surface area contributed by atoms with Crippen molar-refractivity contribution in [1.29, 1.82) is 0 Å². The summed E-state index contributed by atoms with van der Waals surface area (Å²) in [5, 5.41) is 27.9. The molecule has 0 fully saturated rings. The number of carbonyl (C=O) groups excluding carboxylic acids is 2. The zero-order valence-corrected chi connectivity index (χ0v) is 7.73. The average Bonchev–Trinajstić information content (AvgIpc) is 2.35. The molecule has 6 nitrogen and oxygen atoms in total. The van der Waals surface area contributed by atoms with Gasteiger partial charge in [-0.15, -0.1) is 4.73 Å². The van der Waals surface area contributed by atoms with Crippen molar-refractivity contribution in [1.82, 2.24) is 4.73 Å². The lowest BCUT2D eigenvalue weighted by atomic mass is 10.1. The largest absolute Gasteiger partial charge is 0.492 e. The van der Waals surface area contributed by atoms with Crippen LogP contribution >= 0.6 is 0 Å². The molecule has 80 valence electrons. The highest BCUT2D eigenvalue weighted by Gasteiger charge is 2.33. The first kappa shape index (κ1) is 9.57. The molecule has 15 heavy (non-hydrogen) atoms. The van der Waals surface area contributed by atoms with Crippen molar-refractivity contribution in [2.75, 3.05) is 0 Å². The summed E-state index contributed by atoms with van der Waals surface area (Å²) in [6.45, 7) is 0. The van der Waals surface area contributed by atoms with Gasteiger partial charge in [0.2, 0.25) is 11.8 Å². The van der Waals surface area contributed by atoms with Crippen molar-refractivity contribution in [2.45, 2.75) is 19.3 Å². The van der Waals surface area contributed by atoms with E-state index in [0.717, 1.165) is 0 Å². The molecule has 1 aromatic heterocycles. The summed E-state index contributed by atoms with van der Waals surface area (Å²) in [4.78, 5) is 23.0. The fourth-order valence-corrected chi connectivity index (χ4v) is 1.72. The van der Waals surface area contributed by atoms with Crippen molar-refractivity contribution >= 4 is 11.6 Å². The fraction of sp³-hybridized carbons (Fsp3) is 0.333. The Morgan fingerprint density at radius 1 is 0.933 bits per heavy atom. The van der Waals surface area contributed by atoms with Crippen LogP contribution in [0.1, 0.15) is 40.0 Å². The molecular formula is C9H9NO5. The molecule has 0 spiro atoms. The quantitative estimate of drug-likeness (QED) is 0.433. The summed E-state index contributed by atoms with van der Waals surface area (Å²) in [7, 11) is 0. The van der Waals surface area contributed by atoms with Crippen LogP contribution in [0, 0.1) is 0 Å². The first-order chi connectivity index (χ1) is 7.04. The number of fused-ring (bicyclic) bond motifs is 1. The van der Waals surface area contributed by atoms with E-state index in [1.165, 1.54) is 0 Å². The Kier molecular flexibility index (Phi) is 1.92. The van der Waals surface area contributed by atoms with Gasteiger partial charge in [0.25, 0.3) is 0 Å². The van der Waals surface area contributed by atoms with Crippen LogP contribution in [0.2, 0.25) is 0 Å². The van der Waals surface area contributed by atoms with E-state index in [-0.39, 0.29) is 28.7 Å². The number of carbonyl (C=O) groups is 2. The molecular weight excluding hydrogens is 202 g/mol. The van der Waals surface area contributed by atoms with Gasteiger partial charge in [0.05, 0.1) is 11.1 Å². The van der Waals surface area contributed by atoms with Crippen molar-refractivity contribution in [3.63, 3.8) is 0 Å². The summed E-state index contributed by atoms with van der Waals surface area (Å²) in [6, 6.07) is 0. The number of aromatic nitrogens is 1. The van der Waals surface area contributed by atoms with E-state index in [0.29, 0.717) is 6.42 Å². The zero-order chi connectivity index (χ0) is 11.2. The van der Waals surface area contributed by atoms with Gasteiger partial charge in [-0.05, 0) is 6.42 Å². The van der Waals surface area contributed by atoms with Crippen LogP contribution in [-0.4, -0.2) is 31.7 Å². The van der Waals surface area contributed by atoms with Gasteiger partial charge in [-0.3, -0.25) is 9.59 Å². The van der Waals surface area contributed by atoms with Crippen LogP contribution < -0.4 is 0 Å². The van der Waals surface area contributed by atoms with Gasteiger partial charge >= 0.3 is 0 Å². The van der Waals surface area contributed by atoms with Gasteiger partial charge < -0.3 is 15.4 Å². The van der Waals surface area contributed by atoms with E-state index in [2.05, 4.69) is 0 Å². The maximum atomic E-state index is 11.5. The third-order valence-corrected chi connectivity index (χ3v) is 2.46. The maximum Gasteiger partial charge on any atom is 0.240 e. The van der Waals surface area contributed by atoms with Crippen molar-refractivity contribution in [2.24, 2.45) is 0 Å². The second-order valence-electron chi connectivity index (χ2n) is 3.41. The Labute approximate surface area is 84.3 Å². The summed E-state index contributed by atoms with van der Waals surface area (Å²) in [5.74, 6) is -2.45. The van der Waals surface area contributed by atoms with Crippen LogP contribution in [0.3, 0.4) is 0 Å². The number of nitrogens with zero attached hydrogens (tertiary/aromatic N) is 1. The van der Waals surface area contributed by atoms with E-state index < -0.39 is 23.3 Å². The number of hydrogen-bond donors (Lipinski definition) is 3. The predicted molar refractivity (Wildman–Crippen MR) is 47.5 cm³/mol. The van der Waals surface area contributed by atoms with Crippen molar-refractivity contribution in [3.05, 3.63) is 11.1 Å². The summed E-state index contributed by atoms with van der Waals surface area (Å²) in [5.41, 5.74) is -0.560. The Morgan fingerprint density at radius 2 is 1.33 bits per heavy atom. The van der Waals surface area contributed by atoms with Gasteiger partial charge in [0.1, 0.15) is 0 Å². The fourth-order valence-electron chi connectivity index (χ4n) is 1.72. The van der Waals surface area contributed by atoms with Crippen molar-refractivity contribution in [3.8, 4) is 11.8 Å². The van der Waals surface area contributed by atoms with E-state index in [4.69, 9.17) is 5.21 Å². The summed E-state index contributed by atoms with van der Waals surface area (Å²) < 4.78 is 0.0474. The Hall–Kier alpha value is -1.98. The molecule has 0 unspecified atom stereocenters. The Morgan fingerprint density at radius 3 is 1.73 bits per heavy atom. The van der Waals surface area contributed by atoms with Gasteiger partial charge in [0.15, 0.2) is 11.6 Å². The average molecular weight is 211 g/mol. The Balaban J connectivity index is 2.75. The minimum absolute atomic E-state index is 0.0474. The normalized spacial score (nSPS) is 16.3. The van der Waals surface area contributed by atoms with Gasteiger partial charge in [-0.2, -0.15) is 0 Å². The highest BCUT2D eigenvalue weighted by atomic mass is 16.5. The molecule has 0 saturated carbocycles. The lowest BCUT2D eigenvalue weighted by Crippen LogP contribution is -2.00. The molecule has 0 atom stereocenters. The number of aromatic hydroxyl groups is 2. The van der Waals surface area contributed by atoms with Crippen LogP contribution in [0.4, 0.5) is 0 Å². The molecule has 1 aliphatic carbocycles. The van der Waals surface area contributed by atoms with Crippen LogP contribution in [0.25, 0.3) is 0 Å². The van der Waals surface area contributed by atoms with E-state index in [9.17, 15) is 19.8 Å². The molecule has 0 radical (unpaired) electrons. The molecule has 0 saturated heterocycles. The number of ketones is 2. The zero-order valence-electron chi connectivity index (χ0n) is 7.73. The predicted octanol–water partition coefficient (Wildman–Crippen LogP) is 0.686. The van der Waals surface area contributed by atoms with Gasteiger partial charge in [0, 0.05) is 12.8 Å². The van der Waals surface area contributed by atoms with Gasteiger partial charge in [-0.25, -0.2) is 0 Å². The number of hydrogen-bond acceptors (Lipinski definition) is 5. The van der Waals surface area contributed by atoms with E-state index >= 15 is 0 Å². The number of Topliss-reactive ketones (excluding diaryl/α,β-unsaturated/α-hetero) is 2. The minimum Gasteiger partial charge on any atom is -0.492 e. The van der Waals surface area contributed by atoms with Crippen LogP contribution in [0.5, 0.6) is 11.8 Å². The standard InChI is InChI=1S/C9H9NO5/c11-4-2-1-3-5(12)7-6(4)8(13)10(15)9(7)14/h13-15H,1-3H2. The van der Waals surface area contributed by atoms with Gasteiger partial charge in [-0.1, -0.05) is 0 Å². The summed E-state index contributed by atoms with van der Waals surface area (Å²) >= 11 is 0. The van der Waals surface area contributed by atoms with E-state index in [1.807, 2.05) is 0 Å². The molecule has 1 aromatic rings. The highest BCUT2D eigenvalue weighted by Crippen LogP contribution is 2.36. The third-order valence-electron chi connectivity index (χ3n) is 2.46. The topological polar surface area (TPSA) is 99.8 Å². The van der Waals surface area contributed by atoms with E-state index in [1.54, 1.807) is 0 Å². The molecule has 0 aromatic carbocycles. The molecule has 2 rings (SSSR count). The van der Waals surface area contributed by atoms with Crippen LogP contribution in [0.15, 0.2) is 0 Å². The second kappa shape index (κ2) is 3.01. The molecule has 6 heteroatoms. The molecule has 0 bridgehead atoms. The third kappa shape index (κ3) is 1.18. The molecule has 3 N–H and O–H groups in total. The lowest BCUT2D eigenvalue weighted by Gasteiger charge is -1.97. The first-order valence-corrected chi connectivity index (χ1v) is 4.46. The maximum absolute atomic E-state index is 11.5. The molecule has 0 aliphatic heterocycles. The monoisotopic (exact) mass is 211 g/mol. The Bertz CT molecular complexity index is 420. The van der Waals surface area contributed by atoms with Crippen molar-refractivity contribution < 1.29 is 25.0 Å². The molecule has 1 heterocycles. The lowest BCUT2D eigenvalue weighted by molar-refractivity contribution is 0.0960. The summed E-state index contributed by atoms with van der Waals surface area (Å²) in [6.07, 6.45) is 0.627. The minimum atomic E-state index is -0.775. The second-order valence-corrected chi connectivity index (χ2v) is 3.41. The number of rotatable bonds is 0. The SMILES string of the molecule is O=C1CCCC(=O)c2c1c(O)n(O)c2O. The first-order valence-electron chi connectivity index (χ1n) is 4.46. The van der Waals surface area contributed by atoms with Crippen LogP contribution in [-0.2, 0) is 0 Å². The molecule has 1 aliphatic rings. The highest BCUT2D eigenvalue weighted by molar-refractivity contribution is 6.13.